The molecule has 2 heterocycles. The fraction of sp³-hybridized carbons (Fsp3) is 0.312. The summed E-state index contributed by atoms with van der Waals surface area (Å²) in [5.74, 6) is 0.0299. The summed E-state index contributed by atoms with van der Waals surface area (Å²) in [6.45, 7) is 1.24. The molecule has 0 spiro atoms. The molecule has 1 aromatic heterocycles. The zero-order valence-corrected chi connectivity index (χ0v) is 11.2. The van der Waals surface area contributed by atoms with E-state index in [1.807, 2.05) is 30.3 Å². The highest BCUT2D eigenvalue weighted by Crippen LogP contribution is 2.22. The quantitative estimate of drug-likeness (QED) is 0.913. The molecule has 4 heteroatoms. The molecular formula is C16H17NO3. The van der Waals surface area contributed by atoms with Crippen molar-refractivity contribution in [1.82, 2.24) is 4.90 Å². The Bertz CT molecular complexity index is 584. The highest BCUT2D eigenvalue weighted by Gasteiger charge is 2.22. The highest BCUT2D eigenvalue weighted by atomic mass is 16.3. The van der Waals surface area contributed by atoms with Crippen molar-refractivity contribution in [3.8, 4) is 11.1 Å². The number of benzene rings is 1. The maximum Gasteiger partial charge on any atom is 0.253 e. The molecule has 20 heavy (non-hydrogen) atoms. The first-order valence-corrected chi connectivity index (χ1v) is 6.84. The largest absolute Gasteiger partial charge is 0.472 e. The van der Waals surface area contributed by atoms with Crippen LogP contribution in [0.25, 0.3) is 11.1 Å². The number of piperidine rings is 1. The van der Waals surface area contributed by atoms with Crippen molar-refractivity contribution in [2.45, 2.75) is 18.9 Å². The zero-order chi connectivity index (χ0) is 13.9. The molecule has 1 aliphatic heterocycles. The third-order valence-electron chi connectivity index (χ3n) is 3.72. The molecule has 1 amide bonds. The van der Waals surface area contributed by atoms with Crippen LogP contribution in [0.15, 0.2) is 47.3 Å². The van der Waals surface area contributed by atoms with Crippen molar-refractivity contribution in [2.75, 3.05) is 13.1 Å². The molecule has 4 nitrogen and oxygen atoms in total. The van der Waals surface area contributed by atoms with Crippen LogP contribution in [0.2, 0.25) is 0 Å². The van der Waals surface area contributed by atoms with Gasteiger partial charge in [0.15, 0.2) is 0 Å². The van der Waals surface area contributed by atoms with Gasteiger partial charge in [0, 0.05) is 24.2 Å². The second-order valence-electron chi connectivity index (χ2n) is 5.12. The van der Waals surface area contributed by atoms with Gasteiger partial charge in [0.25, 0.3) is 5.91 Å². The maximum atomic E-state index is 12.4. The van der Waals surface area contributed by atoms with E-state index in [1.54, 1.807) is 17.4 Å². The first-order valence-electron chi connectivity index (χ1n) is 6.84. The number of aliphatic hydroxyl groups excluding tert-OH is 1. The van der Waals surface area contributed by atoms with Gasteiger partial charge >= 0.3 is 0 Å². The molecular weight excluding hydrogens is 254 g/mol. The van der Waals surface area contributed by atoms with E-state index in [9.17, 15) is 9.90 Å². The number of hydrogen-bond donors (Lipinski definition) is 1. The van der Waals surface area contributed by atoms with Crippen molar-refractivity contribution in [3.05, 3.63) is 48.4 Å². The second kappa shape index (κ2) is 5.51. The predicted octanol–water partition coefficient (Wildman–Crippen LogP) is 2.54. The minimum Gasteiger partial charge on any atom is -0.472 e. The van der Waals surface area contributed by atoms with E-state index in [2.05, 4.69) is 0 Å². The smallest absolute Gasteiger partial charge is 0.253 e. The predicted molar refractivity (Wildman–Crippen MR) is 75.3 cm³/mol. The van der Waals surface area contributed by atoms with Crippen LogP contribution in [0.1, 0.15) is 23.2 Å². The molecule has 1 fully saturated rings. The van der Waals surface area contributed by atoms with Crippen molar-refractivity contribution >= 4 is 5.91 Å². The number of carbonyl (C=O) groups is 1. The zero-order valence-electron chi connectivity index (χ0n) is 11.2. The summed E-state index contributed by atoms with van der Waals surface area (Å²) in [4.78, 5) is 14.3. The Morgan fingerprint density at radius 2 is 2.00 bits per heavy atom. The van der Waals surface area contributed by atoms with Gasteiger partial charge in [-0.3, -0.25) is 4.79 Å². The molecule has 0 radical (unpaired) electrons. The van der Waals surface area contributed by atoms with Crippen LogP contribution in [0.3, 0.4) is 0 Å². The topological polar surface area (TPSA) is 53.7 Å². The Balaban J connectivity index is 1.80. The van der Waals surface area contributed by atoms with E-state index in [1.165, 1.54) is 0 Å². The summed E-state index contributed by atoms with van der Waals surface area (Å²) in [5.41, 5.74) is 2.62. The molecule has 1 aliphatic rings. The number of rotatable bonds is 2. The van der Waals surface area contributed by atoms with Gasteiger partial charge in [0.2, 0.25) is 0 Å². The van der Waals surface area contributed by atoms with E-state index in [0.717, 1.165) is 11.1 Å². The maximum absolute atomic E-state index is 12.4. The number of hydrogen-bond acceptors (Lipinski definition) is 3. The monoisotopic (exact) mass is 271 g/mol. The summed E-state index contributed by atoms with van der Waals surface area (Å²) in [5, 5.41) is 9.50. The molecule has 3 rings (SSSR count). The van der Waals surface area contributed by atoms with E-state index < -0.39 is 0 Å². The third kappa shape index (κ3) is 2.60. The first kappa shape index (κ1) is 12.9. The van der Waals surface area contributed by atoms with Crippen molar-refractivity contribution in [1.29, 1.82) is 0 Å². The number of amides is 1. The third-order valence-corrected chi connectivity index (χ3v) is 3.72. The highest BCUT2D eigenvalue weighted by molar-refractivity contribution is 5.95. The Kier molecular flexibility index (Phi) is 3.56. The SMILES string of the molecule is O=C(c1cccc(-c2ccoc2)c1)N1CCC(O)CC1. The minimum atomic E-state index is -0.267. The molecule has 1 aromatic carbocycles. The summed E-state index contributed by atoms with van der Waals surface area (Å²) in [6.07, 6.45) is 4.34. The van der Waals surface area contributed by atoms with Crippen LogP contribution in [0.4, 0.5) is 0 Å². The van der Waals surface area contributed by atoms with E-state index in [-0.39, 0.29) is 12.0 Å². The Morgan fingerprint density at radius 3 is 2.70 bits per heavy atom. The van der Waals surface area contributed by atoms with Gasteiger partial charge in [-0.15, -0.1) is 0 Å². The van der Waals surface area contributed by atoms with Gasteiger partial charge in [-0.05, 0) is 36.6 Å². The number of aliphatic hydroxyl groups is 1. The second-order valence-corrected chi connectivity index (χ2v) is 5.12. The van der Waals surface area contributed by atoms with Crippen LogP contribution < -0.4 is 0 Å². The summed E-state index contributed by atoms with van der Waals surface area (Å²) < 4.78 is 5.07. The number of nitrogens with zero attached hydrogens (tertiary/aromatic N) is 1. The Labute approximate surface area is 117 Å². The lowest BCUT2D eigenvalue weighted by molar-refractivity contribution is 0.0546. The average molecular weight is 271 g/mol. The van der Waals surface area contributed by atoms with Gasteiger partial charge in [0.05, 0.1) is 18.6 Å². The molecule has 104 valence electrons. The van der Waals surface area contributed by atoms with E-state index >= 15 is 0 Å². The minimum absolute atomic E-state index is 0.0299. The van der Waals surface area contributed by atoms with Crippen LogP contribution in [-0.2, 0) is 0 Å². The average Bonchev–Trinajstić information content (AvgIpc) is 3.02. The lowest BCUT2D eigenvalue weighted by atomic mass is 10.0. The van der Waals surface area contributed by atoms with Crippen LogP contribution in [0, 0.1) is 0 Å². The molecule has 0 unspecified atom stereocenters. The fourth-order valence-electron chi connectivity index (χ4n) is 2.51. The van der Waals surface area contributed by atoms with E-state index in [4.69, 9.17) is 4.42 Å². The number of furan rings is 1. The number of carbonyl (C=O) groups excluding carboxylic acids is 1. The fourth-order valence-corrected chi connectivity index (χ4v) is 2.51. The van der Waals surface area contributed by atoms with Crippen molar-refractivity contribution < 1.29 is 14.3 Å². The van der Waals surface area contributed by atoms with Crippen LogP contribution in [0.5, 0.6) is 0 Å². The first-order chi connectivity index (χ1) is 9.74. The van der Waals surface area contributed by atoms with Gasteiger partial charge in [-0.25, -0.2) is 0 Å². The van der Waals surface area contributed by atoms with Gasteiger partial charge < -0.3 is 14.4 Å². The Morgan fingerprint density at radius 1 is 1.20 bits per heavy atom. The molecule has 0 bridgehead atoms. The lowest BCUT2D eigenvalue weighted by Gasteiger charge is -2.29. The standard InChI is InChI=1S/C16H17NO3/c18-15-4-7-17(8-5-15)16(19)13-3-1-2-12(10-13)14-6-9-20-11-14/h1-3,6,9-11,15,18H,4-5,7-8H2. The van der Waals surface area contributed by atoms with Crippen molar-refractivity contribution in [3.63, 3.8) is 0 Å². The van der Waals surface area contributed by atoms with Gasteiger partial charge in [-0.2, -0.15) is 0 Å². The molecule has 1 N–H and O–H groups in total. The molecule has 0 saturated carbocycles. The van der Waals surface area contributed by atoms with Crippen LogP contribution >= 0.6 is 0 Å². The lowest BCUT2D eigenvalue weighted by Crippen LogP contribution is -2.40. The van der Waals surface area contributed by atoms with Gasteiger partial charge in [-0.1, -0.05) is 12.1 Å². The van der Waals surface area contributed by atoms with Gasteiger partial charge in [0.1, 0.15) is 0 Å². The molecule has 2 aromatic rings. The van der Waals surface area contributed by atoms with Crippen molar-refractivity contribution in [2.24, 2.45) is 0 Å². The Hall–Kier alpha value is -2.07. The summed E-state index contributed by atoms with van der Waals surface area (Å²) in [6, 6.07) is 9.44. The van der Waals surface area contributed by atoms with Crippen LogP contribution in [-0.4, -0.2) is 35.1 Å². The molecule has 0 atom stereocenters. The van der Waals surface area contributed by atoms with E-state index in [0.29, 0.717) is 31.5 Å². The summed E-state index contributed by atoms with van der Waals surface area (Å²) >= 11 is 0. The summed E-state index contributed by atoms with van der Waals surface area (Å²) in [7, 11) is 0. The normalized spacial score (nSPS) is 16.4. The molecule has 0 aliphatic carbocycles. The molecule has 1 saturated heterocycles. The number of likely N-dealkylation sites (tertiary alicyclic amines) is 1.